The predicted octanol–water partition coefficient (Wildman–Crippen LogP) is 2.67. The second kappa shape index (κ2) is 3.69. The van der Waals surface area contributed by atoms with Gasteiger partial charge in [0.2, 0.25) is 5.91 Å². The van der Waals surface area contributed by atoms with Crippen molar-refractivity contribution in [2.75, 3.05) is 0 Å². The molecule has 1 amide bonds. The molecule has 2 rings (SSSR count). The van der Waals surface area contributed by atoms with E-state index in [4.69, 9.17) is 0 Å². The van der Waals surface area contributed by atoms with E-state index in [0.717, 1.165) is 13.1 Å². The molecule has 0 radical (unpaired) electrons. The first-order valence-electron chi connectivity index (χ1n) is 5.45. The Balaban J connectivity index is 2.27. The maximum absolute atomic E-state index is 11.3. The van der Waals surface area contributed by atoms with E-state index in [1.807, 2.05) is 4.90 Å². The van der Waals surface area contributed by atoms with Crippen LogP contribution in [0.25, 0.3) is 0 Å². The van der Waals surface area contributed by atoms with E-state index in [9.17, 15) is 4.79 Å². The fourth-order valence-electron chi connectivity index (χ4n) is 2.00. The van der Waals surface area contributed by atoms with Gasteiger partial charge in [0, 0.05) is 20.0 Å². The molecule has 1 aromatic carbocycles. The number of carbonyl (C=O) groups is 1. The Morgan fingerprint density at radius 2 is 1.93 bits per heavy atom. The van der Waals surface area contributed by atoms with Crippen LogP contribution in [0, 0.1) is 0 Å². The fourth-order valence-corrected chi connectivity index (χ4v) is 2.00. The molecular formula is C13H17NO. The van der Waals surface area contributed by atoms with Gasteiger partial charge in [-0.2, -0.15) is 0 Å². The molecule has 1 aliphatic heterocycles. The first-order valence-corrected chi connectivity index (χ1v) is 5.45. The Kier molecular flexibility index (Phi) is 2.51. The van der Waals surface area contributed by atoms with Gasteiger partial charge in [0.25, 0.3) is 0 Å². The van der Waals surface area contributed by atoms with Gasteiger partial charge in [-0.3, -0.25) is 4.79 Å². The van der Waals surface area contributed by atoms with Crippen molar-refractivity contribution in [3.63, 3.8) is 0 Å². The molecule has 0 saturated carbocycles. The molecule has 0 fully saturated rings. The second-order valence-electron chi connectivity index (χ2n) is 4.56. The van der Waals surface area contributed by atoms with Gasteiger partial charge < -0.3 is 4.90 Å². The molecule has 1 aliphatic rings. The summed E-state index contributed by atoms with van der Waals surface area (Å²) in [6.07, 6.45) is 0. The van der Waals surface area contributed by atoms with Crippen LogP contribution in [-0.2, 0) is 17.9 Å². The van der Waals surface area contributed by atoms with Crippen molar-refractivity contribution in [1.82, 2.24) is 4.90 Å². The van der Waals surface area contributed by atoms with Crippen molar-refractivity contribution in [3.05, 3.63) is 34.9 Å². The molecule has 2 heteroatoms. The Morgan fingerprint density at radius 1 is 1.27 bits per heavy atom. The molecule has 0 atom stereocenters. The number of hydrogen-bond acceptors (Lipinski definition) is 1. The summed E-state index contributed by atoms with van der Waals surface area (Å²) in [5, 5.41) is 0. The number of amides is 1. The molecule has 15 heavy (non-hydrogen) atoms. The van der Waals surface area contributed by atoms with E-state index in [1.54, 1.807) is 6.92 Å². The maximum Gasteiger partial charge on any atom is 0.220 e. The van der Waals surface area contributed by atoms with Gasteiger partial charge in [0.05, 0.1) is 0 Å². The molecule has 1 aromatic rings. The molecule has 0 saturated heterocycles. The second-order valence-corrected chi connectivity index (χ2v) is 4.56. The highest BCUT2D eigenvalue weighted by Crippen LogP contribution is 2.26. The van der Waals surface area contributed by atoms with Gasteiger partial charge in [-0.05, 0) is 22.6 Å². The van der Waals surface area contributed by atoms with Crippen LogP contribution in [0.5, 0.6) is 0 Å². The van der Waals surface area contributed by atoms with Crippen LogP contribution < -0.4 is 0 Å². The zero-order chi connectivity index (χ0) is 11.0. The molecule has 1 heterocycles. The largest absolute Gasteiger partial charge is 0.334 e. The van der Waals surface area contributed by atoms with Crippen LogP contribution in [0.4, 0.5) is 0 Å². The average molecular weight is 203 g/mol. The zero-order valence-corrected chi connectivity index (χ0v) is 9.58. The van der Waals surface area contributed by atoms with Crippen molar-refractivity contribution in [3.8, 4) is 0 Å². The van der Waals surface area contributed by atoms with Crippen LogP contribution in [-0.4, -0.2) is 10.8 Å². The molecule has 0 bridgehead atoms. The molecular weight excluding hydrogens is 186 g/mol. The summed E-state index contributed by atoms with van der Waals surface area (Å²) in [5.74, 6) is 0.721. The smallest absolute Gasteiger partial charge is 0.220 e. The number of carbonyl (C=O) groups excluding carboxylic acids is 1. The van der Waals surface area contributed by atoms with E-state index in [1.165, 1.54) is 16.7 Å². The van der Waals surface area contributed by atoms with Gasteiger partial charge in [0.15, 0.2) is 0 Å². The molecule has 0 aliphatic carbocycles. The number of hydrogen-bond donors (Lipinski definition) is 0. The quantitative estimate of drug-likeness (QED) is 0.687. The monoisotopic (exact) mass is 203 g/mol. The summed E-state index contributed by atoms with van der Waals surface area (Å²) in [6.45, 7) is 7.59. The lowest BCUT2D eigenvalue weighted by atomic mass is 9.99. The molecule has 2 nitrogen and oxygen atoms in total. The van der Waals surface area contributed by atoms with Gasteiger partial charge in [0.1, 0.15) is 0 Å². The fraction of sp³-hybridized carbons (Fsp3) is 0.462. The minimum Gasteiger partial charge on any atom is -0.334 e. The minimum absolute atomic E-state index is 0.164. The SMILES string of the molecule is CC(=O)N1Cc2ccc(C(C)C)cc2C1. The van der Waals surface area contributed by atoms with Gasteiger partial charge >= 0.3 is 0 Å². The highest BCUT2D eigenvalue weighted by molar-refractivity contribution is 5.74. The van der Waals surface area contributed by atoms with Crippen LogP contribution in [0.3, 0.4) is 0 Å². The summed E-state index contributed by atoms with van der Waals surface area (Å²) in [4.78, 5) is 13.1. The van der Waals surface area contributed by atoms with Crippen LogP contribution in [0.1, 0.15) is 43.4 Å². The number of rotatable bonds is 1. The van der Waals surface area contributed by atoms with E-state index < -0.39 is 0 Å². The molecule has 80 valence electrons. The van der Waals surface area contributed by atoms with E-state index in [2.05, 4.69) is 32.0 Å². The first kappa shape index (κ1) is 10.2. The Hall–Kier alpha value is -1.31. The third kappa shape index (κ3) is 1.89. The summed E-state index contributed by atoms with van der Waals surface area (Å²) < 4.78 is 0. The van der Waals surface area contributed by atoms with Crippen LogP contribution >= 0.6 is 0 Å². The lowest BCUT2D eigenvalue weighted by Gasteiger charge is -2.11. The Bertz CT molecular complexity index is 396. The summed E-state index contributed by atoms with van der Waals surface area (Å²) in [7, 11) is 0. The summed E-state index contributed by atoms with van der Waals surface area (Å²) >= 11 is 0. The summed E-state index contributed by atoms with van der Waals surface area (Å²) in [5.41, 5.74) is 3.98. The first-order chi connectivity index (χ1) is 7.08. The van der Waals surface area contributed by atoms with Gasteiger partial charge in [-0.15, -0.1) is 0 Å². The van der Waals surface area contributed by atoms with Crippen LogP contribution in [0.15, 0.2) is 18.2 Å². The molecule has 0 aromatic heterocycles. The lowest BCUT2D eigenvalue weighted by Crippen LogP contribution is -2.21. The summed E-state index contributed by atoms with van der Waals surface area (Å²) in [6, 6.07) is 6.57. The topological polar surface area (TPSA) is 20.3 Å². The van der Waals surface area contributed by atoms with Crippen molar-refractivity contribution in [2.24, 2.45) is 0 Å². The average Bonchev–Trinajstić information content (AvgIpc) is 2.59. The van der Waals surface area contributed by atoms with E-state index in [-0.39, 0.29) is 5.91 Å². The Morgan fingerprint density at radius 3 is 2.53 bits per heavy atom. The molecule has 0 spiro atoms. The third-order valence-corrected chi connectivity index (χ3v) is 3.06. The zero-order valence-electron chi connectivity index (χ0n) is 9.58. The van der Waals surface area contributed by atoms with E-state index in [0.29, 0.717) is 5.92 Å². The normalized spacial score (nSPS) is 14.5. The highest BCUT2D eigenvalue weighted by atomic mass is 16.2. The minimum atomic E-state index is 0.164. The molecule has 0 N–H and O–H groups in total. The third-order valence-electron chi connectivity index (χ3n) is 3.06. The van der Waals surface area contributed by atoms with Crippen molar-refractivity contribution < 1.29 is 4.79 Å². The van der Waals surface area contributed by atoms with Crippen LogP contribution in [0.2, 0.25) is 0 Å². The Labute approximate surface area is 90.9 Å². The van der Waals surface area contributed by atoms with E-state index >= 15 is 0 Å². The van der Waals surface area contributed by atoms with Gasteiger partial charge in [-0.1, -0.05) is 32.0 Å². The standard InChI is InChI=1S/C13H17NO/c1-9(2)11-4-5-12-7-14(10(3)15)8-13(12)6-11/h4-6,9H,7-8H2,1-3H3. The number of benzene rings is 1. The van der Waals surface area contributed by atoms with Crippen molar-refractivity contribution in [1.29, 1.82) is 0 Å². The predicted molar refractivity (Wildman–Crippen MR) is 60.5 cm³/mol. The van der Waals surface area contributed by atoms with Crippen molar-refractivity contribution in [2.45, 2.75) is 39.8 Å². The molecule has 0 unspecified atom stereocenters. The number of fused-ring (bicyclic) bond motifs is 1. The lowest BCUT2D eigenvalue weighted by molar-refractivity contribution is -0.129. The van der Waals surface area contributed by atoms with Crippen molar-refractivity contribution >= 4 is 5.91 Å². The number of nitrogens with zero attached hydrogens (tertiary/aromatic N) is 1. The maximum atomic E-state index is 11.3. The van der Waals surface area contributed by atoms with Gasteiger partial charge in [-0.25, -0.2) is 0 Å². The highest BCUT2D eigenvalue weighted by Gasteiger charge is 2.20.